The van der Waals surface area contributed by atoms with Crippen molar-refractivity contribution in [1.82, 2.24) is 10.2 Å². The summed E-state index contributed by atoms with van der Waals surface area (Å²) in [6.45, 7) is 5.08. The van der Waals surface area contributed by atoms with Gasteiger partial charge in [0.05, 0.1) is 6.10 Å². The van der Waals surface area contributed by atoms with Crippen LogP contribution in [-0.2, 0) is 6.61 Å². The second-order valence-corrected chi connectivity index (χ2v) is 5.88. The number of para-hydroxylation sites is 1. The number of benzene rings is 2. The van der Waals surface area contributed by atoms with Gasteiger partial charge < -0.3 is 15.2 Å². The average molecular weight is 312 g/mol. The minimum atomic E-state index is -0.528. The molecule has 2 N–H and O–H groups in total. The molecule has 1 atom stereocenters. The van der Waals surface area contributed by atoms with E-state index in [1.165, 1.54) is 0 Å². The summed E-state index contributed by atoms with van der Waals surface area (Å²) in [4.78, 5) is 2.29. The van der Waals surface area contributed by atoms with Gasteiger partial charge >= 0.3 is 0 Å². The highest BCUT2D eigenvalue weighted by molar-refractivity contribution is 5.35. The molecule has 2 aromatic carbocycles. The molecule has 1 saturated heterocycles. The highest BCUT2D eigenvalue weighted by Crippen LogP contribution is 2.26. The van der Waals surface area contributed by atoms with Crippen LogP contribution >= 0.6 is 0 Å². The number of hydrogen-bond acceptors (Lipinski definition) is 4. The Balaban J connectivity index is 1.64. The maximum Gasteiger partial charge on any atom is 0.125 e. The van der Waals surface area contributed by atoms with E-state index in [9.17, 15) is 5.11 Å². The molecule has 0 spiro atoms. The third-order valence-corrected chi connectivity index (χ3v) is 4.16. The fourth-order valence-electron chi connectivity index (χ4n) is 2.86. The van der Waals surface area contributed by atoms with Gasteiger partial charge in [0.25, 0.3) is 0 Å². The minimum Gasteiger partial charge on any atom is -0.489 e. The molecule has 4 heteroatoms. The van der Waals surface area contributed by atoms with E-state index in [1.807, 2.05) is 54.6 Å². The fourth-order valence-corrected chi connectivity index (χ4v) is 2.86. The summed E-state index contributed by atoms with van der Waals surface area (Å²) in [6, 6.07) is 17.9. The van der Waals surface area contributed by atoms with Gasteiger partial charge in [-0.2, -0.15) is 0 Å². The zero-order valence-corrected chi connectivity index (χ0v) is 13.3. The largest absolute Gasteiger partial charge is 0.489 e. The molecule has 4 nitrogen and oxygen atoms in total. The molecule has 122 valence electrons. The molecule has 0 aromatic heterocycles. The predicted molar refractivity (Wildman–Crippen MR) is 91.5 cm³/mol. The molecule has 1 heterocycles. The lowest BCUT2D eigenvalue weighted by atomic mass is 10.1. The lowest BCUT2D eigenvalue weighted by Crippen LogP contribution is -2.45. The molecule has 0 amide bonds. The topological polar surface area (TPSA) is 44.7 Å². The van der Waals surface area contributed by atoms with Gasteiger partial charge in [-0.25, -0.2) is 0 Å². The fraction of sp³-hybridized carbons (Fsp3) is 0.368. The van der Waals surface area contributed by atoms with Crippen molar-refractivity contribution < 1.29 is 9.84 Å². The number of hydrogen-bond donors (Lipinski definition) is 2. The first kappa shape index (κ1) is 16.0. The van der Waals surface area contributed by atoms with Crippen molar-refractivity contribution >= 4 is 0 Å². The smallest absolute Gasteiger partial charge is 0.125 e. The van der Waals surface area contributed by atoms with Crippen LogP contribution in [0.15, 0.2) is 54.6 Å². The number of ether oxygens (including phenoxy) is 1. The van der Waals surface area contributed by atoms with E-state index in [4.69, 9.17) is 4.74 Å². The Morgan fingerprint density at radius 3 is 2.48 bits per heavy atom. The van der Waals surface area contributed by atoms with Crippen LogP contribution in [0.3, 0.4) is 0 Å². The summed E-state index contributed by atoms with van der Waals surface area (Å²) < 4.78 is 5.94. The first-order chi connectivity index (χ1) is 11.3. The minimum absolute atomic E-state index is 0.512. The molecule has 0 saturated carbocycles. The van der Waals surface area contributed by atoms with Crippen LogP contribution in [0.25, 0.3) is 0 Å². The highest BCUT2D eigenvalue weighted by Gasteiger charge is 2.18. The van der Waals surface area contributed by atoms with Crippen molar-refractivity contribution in [2.45, 2.75) is 12.7 Å². The normalized spacial score (nSPS) is 16.9. The van der Waals surface area contributed by atoms with Crippen LogP contribution < -0.4 is 10.1 Å². The third-order valence-electron chi connectivity index (χ3n) is 4.16. The van der Waals surface area contributed by atoms with E-state index in [1.54, 1.807) is 0 Å². The third kappa shape index (κ3) is 4.55. The van der Waals surface area contributed by atoms with Crippen LogP contribution in [0.4, 0.5) is 0 Å². The first-order valence-corrected chi connectivity index (χ1v) is 8.20. The second-order valence-electron chi connectivity index (χ2n) is 5.88. The van der Waals surface area contributed by atoms with Crippen molar-refractivity contribution in [2.75, 3.05) is 32.7 Å². The van der Waals surface area contributed by atoms with Crippen LogP contribution in [0.2, 0.25) is 0 Å². The van der Waals surface area contributed by atoms with Gasteiger partial charge in [-0.1, -0.05) is 48.5 Å². The molecule has 0 aliphatic carbocycles. The summed E-state index contributed by atoms with van der Waals surface area (Å²) in [5.74, 6) is 0.763. The number of aliphatic hydroxyl groups is 1. The molecule has 2 aromatic rings. The summed E-state index contributed by atoms with van der Waals surface area (Å²) in [6.07, 6.45) is -0.528. The number of β-amino-alcohol motifs (C(OH)–C–C–N with tert-alkyl or cyclic N) is 1. The Bertz CT molecular complexity index is 597. The van der Waals surface area contributed by atoms with Crippen molar-refractivity contribution in [2.24, 2.45) is 0 Å². The van der Waals surface area contributed by atoms with Crippen molar-refractivity contribution in [3.63, 3.8) is 0 Å². The molecule has 1 aliphatic rings. The van der Waals surface area contributed by atoms with Gasteiger partial charge in [-0.3, -0.25) is 4.90 Å². The monoisotopic (exact) mass is 312 g/mol. The summed E-state index contributed by atoms with van der Waals surface area (Å²) >= 11 is 0. The Morgan fingerprint density at radius 2 is 1.70 bits per heavy atom. The molecule has 3 rings (SSSR count). The second kappa shape index (κ2) is 8.11. The molecular formula is C19H24N2O2. The molecule has 23 heavy (non-hydrogen) atoms. The zero-order valence-electron chi connectivity index (χ0n) is 13.3. The van der Waals surface area contributed by atoms with Gasteiger partial charge in [0.2, 0.25) is 0 Å². The summed E-state index contributed by atoms with van der Waals surface area (Å²) in [7, 11) is 0. The van der Waals surface area contributed by atoms with Crippen molar-refractivity contribution in [3.8, 4) is 5.75 Å². The van der Waals surface area contributed by atoms with Crippen LogP contribution in [-0.4, -0.2) is 42.7 Å². The molecule has 1 unspecified atom stereocenters. The van der Waals surface area contributed by atoms with E-state index in [0.717, 1.165) is 43.1 Å². The number of piperazine rings is 1. The maximum atomic E-state index is 10.6. The quantitative estimate of drug-likeness (QED) is 0.858. The number of aliphatic hydroxyl groups excluding tert-OH is 1. The highest BCUT2D eigenvalue weighted by atomic mass is 16.5. The van der Waals surface area contributed by atoms with Gasteiger partial charge in [0, 0.05) is 38.3 Å². The van der Waals surface area contributed by atoms with E-state index in [2.05, 4.69) is 10.2 Å². The van der Waals surface area contributed by atoms with Crippen LogP contribution in [0, 0.1) is 0 Å². The average Bonchev–Trinajstić information content (AvgIpc) is 2.62. The summed E-state index contributed by atoms with van der Waals surface area (Å²) in [5, 5.41) is 13.9. The van der Waals surface area contributed by atoms with Crippen molar-refractivity contribution in [1.29, 1.82) is 0 Å². The van der Waals surface area contributed by atoms with Gasteiger partial charge in [-0.05, 0) is 11.6 Å². The number of nitrogens with one attached hydrogen (secondary N) is 1. The van der Waals surface area contributed by atoms with E-state index >= 15 is 0 Å². The van der Waals surface area contributed by atoms with E-state index in [-0.39, 0.29) is 0 Å². The van der Waals surface area contributed by atoms with Gasteiger partial charge in [-0.15, -0.1) is 0 Å². The van der Waals surface area contributed by atoms with Gasteiger partial charge in [0.1, 0.15) is 12.4 Å². The SMILES string of the molecule is OC(CN1CCNCC1)c1ccccc1OCc1ccccc1. The molecule has 1 fully saturated rings. The van der Waals surface area contributed by atoms with Crippen LogP contribution in [0.1, 0.15) is 17.2 Å². The molecule has 0 bridgehead atoms. The Kier molecular flexibility index (Phi) is 5.64. The Labute approximate surface area is 137 Å². The molecule has 1 aliphatic heterocycles. The first-order valence-electron chi connectivity index (χ1n) is 8.20. The van der Waals surface area contributed by atoms with Gasteiger partial charge in [0.15, 0.2) is 0 Å². The van der Waals surface area contributed by atoms with Crippen LogP contribution in [0.5, 0.6) is 5.75 Å². The van der Waals surface area contributed by atoms with E-state index < -0.39 is 6.10 Å². The van der Waals surface area contributed by atoms with E-state index in [0.29, 0.717) is 13.2 Å². The maximum absolute atomic E-state index is 10.6. The van der Waals surface area contributed by atoms with Crippen molar-refractivity contribution in [3.05, 3.63) is 65.7 Å². The molecular weight excluding hydrogens is 288 g/mol. The lowest BCUT2D eigenvalue weighted by Gasteiger charge is -2.29. The predicted octanol–water partition coefficient (Wildman–Crippen LogP) is 2.20. The standard InChI is InChI=1S/C19H24N2O2/c22-18(14-21-12-10-20-11-13-21)17-8-4-5-9-19(17)23-15-16-6-2-1-3-7-16/h1-9,18,20,22H,10-15H2. The molecule has 0 radical (unpaired) electrons. The Hall–Kier alpha value is -1.88. The summed E-state index contributed by atoms with van der Waals surface area (Å²) in [5.41, 5.74) is 1.99. The zero-order chi connectivity index (χ0) is 15.9. The Morgan fingerprint density at radius 1 is 1.00 bits per heavy atom. The number of rotatable bonds is 6. The number of nitrogens with zero attached hydrogens (tertiary/aromatic N) is 1. The lowest BCUT2D eigenvalue weighted by molar-refractivity contribution is 0.102.